The van der Waals surface area contributed by atoms with Crippen LogP contribution in [0.5, 0.6) is 5.88 Å². The maximum atomic E-state index is 13.5. The maximum Gasteiger partial charge on any atom is 0.251 e. The summed E-state index contributed by atoms with van der Waals surface area (Å²) in [6.45, 7) is 0. The molecule has 6 nitrogen and oxygen atoms in total. The molecule has 1 atom stereocenters. The Morgan fingerprint density at radius 2 is 2.30 bits per heavy atom. The second-order valence-electron chi connectivity index (χ2n) is 5.57. The van der Waals surface area contributed by atoms with E-state index in [2.05, 4.69) is 15.0 Å². The molecule has 1 amide bonds. The first-order valence-corrected chi connectivity index (χ1v) is 7.29. The molecule has 1 fully saturated rings. The molecule has 23 heavy (non-hydrogen) atoms. The molecular formula is C15H16F2N4O2. The van der Waals surface area contributed by atoms with Crippen LogP contribution in [0.4, 0.5) is 8.78 Å². The Labute approximate surface area is 130 Å². The number of ether oxygens (including phenoxy) is 1. The van der Waals surface area contributed by atoms with Crippen molar-refractivity contribution in [2.24, 2.45) is 5.73 Å². The van der Waals surface area contributed by atoms with Gasteiger partial charge in [0.25, 0.3) is 5.92 Å². The fourth-order valence-electron chi connectivity index (χ4n) is 2.73. The van der Waals surface area contributed by atoms with Crippen molar-refractivity contribution in [1.29, 1.82) is 0 Å². The van der Waals surface area contributed by atoms with Gasteiger partial charge in [-0.3, -0.25) is 4.79 Å². The van der Waals surface area contributed by atoms with Crippen molar-refractivity contribution in [1.82, 2.24) is 15.0 Å². The van der Waals surface area contributed by atoms with E-state index in [1.165, 1.54) is 18.5 Å². The molecule has 3 rings (SSSR count). The molecule has 0 bridgehead atoms. The summed E-state index contributed by atoms with van der Waals surface area (Å²) in [5.41, 5.74) is 6.20. The molecule has 1 aliphatic carbocycles. The third-order valence-electron chi connectivity index (χ3n) is 3.77. The SMILES string of the molecule is NC(=O)C=Cc1c[nH]c2ncnc(OC3CCCC(F)(F)C3)c12. The van der Waals surface area contributed by atoms with E-state index in [9.17, 15) is 13.6 Å². The fraction of sp³-hybridized carbons (Fsp3) is 0.400. The van der Waals surface area contributed by atoms with Gasteiger partial charge in [0.15, 0.2) is 0 Å². The summed E-state index contributed by atoms with van der Waals surface area (Å²) in [7, 11) is 0. The second kappa shape index (κ2) is 5.94. The topological polar surface area (TPSA) is 93.9 Å². The van der Waals surface area contributed by atoms with Gasteiger partial charge in [0, 0.05) is 30.7 Å². The van der Waals surface area contributed by atoms with Crippen molar-refractivity contribution in [2.45, 2.75) is 37.7 Å². The zero-order valence-corrected chi connectivity index (χ0v) is 12.3. The molecule has 1 unspecified atom stereocenters. The Kier molecular flexibility index (Phi) is 3.97. The number of aromatic amines is 1. The van der Waals surface area contributed by atoms with Crippen LogP contribution >= 0.6 is 0 Å². The number of fused-ring (bicyclic) bond motifs is 1. The average Bonchev–Trinajstić information content (AvgIpc) is 2.88. The molecule has 1 saturated carbocycles. The lowest BCUT2D eigenvalue weighted by Gasteiger charge is -2.29. The van der Waals surface area contributed by atoms with E-state index in [0.29, 0.717) is 29.4 Å². The Morgan fingerprint density at radius 3 is 3.04 bits per heavy atom. The summed E-state index contributed by atoms with van der Waals surface area (Å²) in [6, 6.07) is 0. The Balaban J connectivity index is 1.91. The van der Waals surface area contributed by atoms with Crippen LogP contribution in [0.3, 0.4) is 0 Å². The van der Waals surface area contributed by atoms with Crippen LogP contribution in [0.1, 0.15) is 31.2 Å². The zero-order valence-electron chi connectivity index (χ0n) is 12.3. The summed E-state index contributed by atoms with van der Waals surface area (Å²) >= 11 is 0. The van der Waals surface area contributed by atoms with Gasteiger partial charge >= 0.3 is 0 Å². The van der Waals surface area contributed by atoms with Crippen molar-refractivity contribution in [2.75, 3.05) is 0 Å². The van der Waals surface area contributed by atoms with E-state index < -0.39 is 17.9 Å². The molecule has 8 heteroatoms. The van der Waals surface area contributed by atoms with Crippen molar-refractivity contribution < 1.29 is 18.3 Å². The van der Waals surface area contributed by atoms with E-state index in [0.717, 1.165) is 0 Å². The van der Waals surface area contributed by atoms with Crippen LogP contribution in [0.15, 0.2) is 18.6 Å². The number of carbonyl (C=O) groups is 1. The van der Waals surface area contributed by atoms with E-state index in [1.807, 2.05) is 0 Å². The number of rotatable bonds is 4. The lowest BCUT2D eigenvalue weighted by Crippen LogP contribution is -2.33. The molecule has 0 spiro atoms. The van der Waals surface area contributed by atoms with Crippen molar-refractivity contribution in [3.05, 3.63) is 24.2 Å². The van der Waals surface area contributed by atoms with Crippen molar-refractivity contribution in [3.8, 4) is 5.88 Å². The number of nitrogens with two attached hydrogens (primary N) is 1. The second-order valence-corrected chi connectivity index (χ2v) is 5.57. The Hall–Kier alpha value is -2.51. The third kappa shape index (κ3) is 3.46. The fourth-order valence-corrected chi connectivity index (χ4v) is 2.73. The standard InChI is InChI=1S/C15H16F2N4O2/c16-15(17)5-1-2-10(6-15)23-14-12-9(3-4-11(18)22)7-19-13(12)20-8-21-14/h3-4,7-8,10H,1-2,5-6H2,(H2,18,22)(H,19,20,21). The van der Waals surface area contributed by atoms with Gasteiger partial charge in [-0.05, 0) is 18.9 Å². The molecule has 2 heterocycles. The van der Waals surface area contributed by atoms with Crippen LogP contribution in [0.25, 0.3) is 17.1 Å². The van der Waals surface area contributed by atoms with E-state index in [4.69, 9.17) is 10.5 Å². The van der Waals surface area contributed by atoms with Gasteiger partial charge in [-0.2, -0.15) is 0 Å². The minimum Gasteiger partial charge on any atom is -0.474 e. The van der Waals surface area contributed by atoms with Gasteiger partial charge in [0.1, 0.15) is 18.1 Å². The number of nitrogens with one attached hydrogen (secondary N) is 1. The van der Waals surface area contributed by atoms with Gasteiger partial charge in [-0.1, -0.05) is 0 Å². The molecule has 0 aliphatic heterocycles. The highest BCUT2D eigenvalue weighted by atomic mass is 19.3. The van der Waals surface area contributed by atoms with Gasteiger partial charge < -0.3 is 15.5 Å². The average molecular weight is 322 g/mol. The Morgan fingerprint density at radius 1 is 1.48 bits per heavy atom. The minimum absolute atomic E-state index is 0.108. The summed E-state index contributed by atoms with van der Waals surface area (Å²) in [5, 5.41) is 0.541. The van der Waals surface area contributed by atoms with E-state index in [1.54, 1.807) is 6.20 Å². The molecule has 2 aromatic rings. The van der Waals surface area contributed by atoms with Gasteiger partial charge in [0.05, 0.1) is 5.39 Å². The number of carbonyl (C=O) groups excluding carboxylic acids is 1. The highest BCUT2D eigenvalue weighted by Crippen LogP contribution is 2.36. The number of H-pyrrole nitrogens is 1. The number of alkyl halides is 2. The largest absolute Gasteiger partial charge is 0.474 e. The van der Waals surface area contributed by atoms with Gasteiger partial charge in [-0.15, -0.1) is 0 Å². The van der Waals surface area contributed by atoms with E-state index in [-0.39, 0.29) is 18.7 Å². The predicted molar refractivity (Wildman–Crippen MR) is 79.9 cm³/mol. The normalized spacial score (nSPS) is 20.9. The number of hydrogen-bond donors (Lipinski definition) is 2. The molecule has 0 aromatic carbocycles. The van der Waals surface area contributed by atoms with Crippen LogP contribution in [-0.4, -0.2) is 32.9 Å². The monoisotopic (exact) mass is 322 g/mol. The summed E-state index contributed by atoms with van der Waals surface area (Å²) in [4.78, 5) is 21.9. The molecule has 0 radical (unpaired) electrons. The lowest BCUT2D eigenvalue weighted by molar-refractivity contribution is -0.113. The highest BCUT2D eigenvalue weighted by molar-refractivity contribution is 5.96. The number of hydrogen-bond acceptors (Lipinski definition) is 4. The quantitative estimate of drug-likeness (QED) is 0.845. The first-order valence-electron chi connectivity index (χ1n) is 7.29. The Bertz CT molecular complexity index is 757. The maximum absolute atomic E-state index is 13.5. The number of aromatic nitrogens is 3. The lowest BCUT2D eigenvalue weighted by atomic mass is 9.94. The van der Waals surface area contributed by atoms with Crippen molar-refractivity contribution in [3.63, 3.8) is 0 Å². The first kappa shape index (κ1) is 15.4. The van der Waals surface area contributed by atoms with E-state index >= 15 is 0 Å². The number of halogens is 2. The summed E-state index contributed by atoms with van der Waals surface area (Å²) in [6.07, 6.45) is 5.57. The van der Waals surface area contributed by atoms with Gasteiger partial charge in [-0.25, -0.2) is 18.7 Å². The molecular weight excluding hydrogens is 306 g/mol. The number of primary amides is 1. The summed E-state index contributed by atoms with van der Waals surface area (Å²) in [5.74, 6) is -3.07. The molecule has 122 valence electrons. The molecule has 1 aliphatic rings. The van der Waals surface area contributed by atoms with Crippen LogP contribution in [0, 0.1) is 0 Å². The zero-order chi connectivity index (χ0) is 16.4. The smallest absolute Gasteiger partial charge is 0.251 e. The van der Waals surface area contributed by atoms with Crippen LogP contribution < -0.4 is 10.5 Å². The van der Waals surface area contributed by atoms with Crippen LogP contribution in [-0.2, 0) is 4.79 Å². The first-order chi connectivity index (χ1) is 10.9. The number of nitrogens with zero attached hydrogens (tertiary/aromatic N) is 2. The summed E-state index contributed by atoms with van der Waals surface area (Å²) < 4.78 is 32.7. The van der Waals surface area contributed by atoms with Gasteiger partial charge in [0.2, 0.25) is 11.8 Å². The van der Waals surface area contributed by atoms with Crippen molar-refractivity contribution >= 4 is 23.0 Å². The third-order valence-corrected chi connectivity index (χ3v) is 3.77. The molecule has 2 aromatic heterocycles. The molecule has 0 saturated heterocycles. The highest BCUT2D eigenvalue weighted by Gasteiger charge is 2.37. The predicted octanol–water partition coefficient (Wildman–Crippen LogP) is 2.41. The number of amides is 1. The minimum atomic E-state index is -2.71. The van der Waals surface area contributed by atoms with Crippen LogP contribution in [0.2, 0.25) is 0 Å². The molecule has 3 N–H and O–H groups in total.